The van der Waals surface area contributed by atoms with Crippen LogP contribution in [0.1, 0.15) is 15.9 Å². The summed E-state index contributed by atoms with van der Waals surface area (Å²) in [5, 5.41) is 0.399. The summed E-state index contributed by atoms with van der Waals surface area (Å²) in [5.41, 5.74) is 1.28. The number of halogens is 3. The molecule has 5 heteroatoms. The van der Waals surface area contributed by atoms with Crippen LogP contribution < -0.4 is 4.74 Å². The van der Waals surface area contributed by atoms with Gasteiger partial charge in [-0.15, -0.1) is 11.6 Å². The second-order valence-electron chi connectivity index (χ2n) is 2.97. The molecule has 82 valence electrons. The fourth-order valence-corrected chi connectivity index (χ4v) is 1.80. The lowest BCUT2D eigenvalue weighted by Crippen LogP contribution is -2.09. The van der Waals surface area contributed by atoms with Crippen LogP contribution in [0.2, 0.25) is 5.02 Å². The van der Waals surface area contributed by atoms with Gasteiger partial charge in [0.05, 0.1) is 12.1 Å². The van der Waals surface area contributed by atoms with Crippen molar-refractivity contribution in [3.63, 3.8) is 0 Å². The zero-order valence-corrected chi connectivity index (χ0v) is 11.3. The first-order valence-corrected chi connectivity index (χ1v) is 5.87. The Morgan fingerprint density at radius 3 is 2.60 bits per heavy atom. The zero-order chi connectivity index (χ0) is 11.6. The van der Waals surface area contributed by atoms with E-state index >= 15 is 0 Å². The van der Waals surface area contributed by atoms with E-state index in [0.717, 1.165) is 5.56 Å². The van der Waals surface area contributed by atoms with Gasteiger partial charge in [-0.25, -0.2) is 0 Å². The lowest BCUT2D eigenvalue weighted by molar-refractivity contribution is 0.101. The van der Waals surface area contributed by atoms with E-state index in [1.807, 2.05) is 0 Å². The molecule has 2 nitrogen and oxygen atoms in total. The summed E-state index contributed by atoms with van der Waals surface area (Å²) in [6, 6.07) is 3.27. The van der Waals surface area contributed by atoms with Gasteiger partial charge in [-0.1, -0.05) is 27.5 Å². The van der Waals surface area contributed by atoms with E-state index in [2.05, 4.69) is 15.9 Å². The second kappa shape index (κ2) is 5.19. The Bertz CT molecular complexity index is 391. The summed E-state index contributed by atoms with van der Waals surface area (Å²) in [6.45, 7) is 1.80. The summed E-state index contributed by atoms with van der Waals surface area (Å²) in [6.07, 6.45) is 0. The van der Waals surface area contributed by atoms with Gasteiger partial charge in [0, 0.05) is 5.56 Å². The number of alkyl halides is 2. The average molecular weight is 312 g/mol. The van der Waals surface area contributed by atoms with Crippen molar-refractivity contribution >= 4 is 44.9 Å². The molecule has 0 fully saturated rings. The maximum absolute atomic E-state index is 11.6. The maximum atomic E-state index is 11.6. The molecule has 0 saturated heterocycles. The highest BCUT2D eigenvalue weighted by Gasteiger charge is 2.18. The molecular formula is C10H9BrCl2O2. The lowest BCUT2D eigenvalue weighted by atomic mass is 10.1. The van der Waals surface area contributed by atoms with Crippen molar-refractivity contribution in [2.24, 2.45) is 0 Å². The number of hydrogen-bond acceptors (Lipinski definition) is 2. The molecule has 0 heterocycles. The maximum Gasteiger partial charge on any atom is 0.191 e. The van der Waals surface area contributed by atoms with Crippen LogP contribution >= 0.6 is 39.1 Å². The minimum Gasteiger partial charge on any atom is -0.495 e. The molecule has 0 aliphatic rings. The molecule has 1 aromatic carbocycles. The van der Waals surface area contributed by atoms with Gasteiger partial charge in [0.25, 0.3) is 0 Å². The Morgan fingerprint density at radius 2 is 2.13 bits per heavy atom. The van der Waals surface area contributed by atoms with Gasteiger partial charge in [-0.05, 0) is 24.6 Å². The highest BCUT2D eigenvalue weighted by atomic mass is 79.9. The molecular weight excluding hydrogens is 303 g/mol. The van der Waals surface area contributed by atoms with E-state index in [1.165, 1.54) is 7.11 Å². The van der Waals surface area contributed by atoms with Gasteiger partial charge < -0.3 is 4.74 Å². The summed E-state index contributed by atoms with van der Waals surface area (Å²) in [5.74, 6) is 0.338. The smallest absolute Gasteiger partial charge is 0.191 e. The minimum absolute atomic E-state index is 0.210. The third-order valence-electron chi connectivity index (χ3n) is 1.96. The first kappa shape index (κ1) is 12.8. The van der Waals surface area contributed by atoms with Crippen LogP contribution in [0, 0.1) is 6.92 Å². The SMILES string of the molecule is COc1cc(C)c(C(=O)C(Cl)Br)cc1Cl. The highest BCUT2D eigenvalue weighted by Crippen LogP contribution is 2.29. The highest BCUT2D eigenvalue weighted by molar-refractivity contribution is 9.10. The number of rotatable bonds is 3. The number of ether oxygens (including phenoxy) is 1. The molecule has 1 atom stereocenters. The first-order valence-electron chi connectivity index (χ1n) is 4.14. The quantitative estimate of drug-likeness (QED) is 0.627. The predicted octanol–water partition coefficient (Wildman–Crippen LogP) is 3.80. The second-order valence-corrected chi connectivity index (χ2v) is 5.25. The Morgan fingerprint density at radius 1 is 1.53 bits per heavy atom. The fourth-order valence-electron chi connectivity index (χ4n) is 1.19. The first-order chi connectivity index (χ1) is 6.97. The Balaban J connectivity index is 3.22. The summed E-state index contributed by atoms with van der Waals surface area (Å²) < 4.78 is 4.30. The molecule has 1 aromatic rings. The van der Waals surface area contributed by atoms with E-state index in [4.69, 9.17) is 27.9 Å². The van der Waals surface area contributed by atoms with Gasteiger partial charge in [0.2, 0.25) is 0 Å². The molecule has 0 bridgehead atoms. The number of methoxy groups -OCH3 is 1. The van der Waals surface area contributed by atoms with Gasteiger partial charge in [-0.2, -0.15) is 0 Å². The molecule has 0 saturated carbocycles. The third-order valence-corrected chi connectivity index (χ3v) is 2.87. The van der Waals surface area contributed by atoms with Crippen LogP contribution in [-0.2, 0) is 0 Å². The van der Waals surface area contributed by atoms with E-state index in [-0.39, 0.29) is 5.78 Å². The van der Waals surface area contributed by atoms with Gasteiger partial charge >= 0.3 is 0 Å². The fraction of sp³-hybridized carbons (Fsp3) is 0.300. The minimum atomic E-state index is -0.735. The molecule has 0 radical (unpaired) electrons. The number of carbonyl (C=O) groups is 1. The zero-order valence-electron chi connectivity index (χ0n) is 8.18. The van der Waals surface area contributed by atoms with Crippen LogP contribution in [0.5, 0.6) is 5.75 Å². The molecule has 1 rings (SSSR count). The van der Waals surface area contributed by atoms with Crippen LogP contribution in [0.15, 0.2) is 12.1 Å². The topological polar surface area (TPSA) is 26.3 Å². The molecule has 15 heavy (non-hydrogen) atoms. The van der Waals surface area contributed by atoms with Crippen molar-refractivity contribution < 1.29 is 9.53 Å². The van der Waals surface area contributed by atoms with Crippen molar-refractivity contribution in [2.75, 3.05) is 7.11 Å². The summed E-state index contributed by atoms with van der Waals surface area (Å²) in [7, 11) is 1.52. The number of ketones is 1. The van der Waals surface area contributed by atoms with Crippen molar-refractivity contribution in [3.8, 4) is 5.75 Å². The lowest BCUT2D eigenvalue weighted by Gasteiger charge is -2.09. The normalized spacial score (nSPS) is 12.3. The largest absolute Gasteiger partial charge is 0.495 e. The monoisotopic (exact) mass is 310 g/mol. The van der Waals surface area contributed by atoms with E-state index in [0.29, 0.717) is 16.3 Å². The van der Waals surface area contributed by atoms with Crippen molar-refractivity contribution in [1.82, 2.24) is 0 Å². The molecule has 0 amide bonds. The predicted molar refractivity (Wildman–Crippen MR) is 65.6 cm³/mol. The van der Waals surface area contributed by atoms with Crippen molar-refractivity contribution in [2.45, 2.75) is 11.2 Å². The third kappa shape index (κ3) is 2.86. The number of Topliss-reactive ketones (excluding diaryl/α,β-unsaturated/α-hetero) is 1. The van der Waals surface area contributed by atoms with E-state index < -0.39 is 4.29 Å². The number of carbonyl (C=O) groups excluding carboxylic acids is 1. The number of hydrogen-bond donors (Lipinski definition) is 0. The van der Waals surface area contributed by atoms with Crippen LogP contribution in [-0.4, -0.2) is 17.2 Å². The number of aryl methyl sites for hydroxylation is 1. The summed E-state index contributed by atoms with van der Waals surface area (Å²) in [4.78, 5) is 11.6. The van der Waals surface area contributed by atoms with Gasteiger partial charge in [0.1, 0.15) is 5.75 Å². The van der Waals surface area contributed by atoms with Crippen LogP contribution in [0.4, 0.5) is 0 Å². The van der Waals surface area contributed by atoms with Crippen LogP contribution in [0.25, 0.3) is 0 Å². The van der Waals surface area contributed by atoms with Gasteiger partial charge in [0.15, 0.2) is 10.1 Å². The Hall–Kier alpha value is -0.250. The van der Waals surface area contributed by atoms with Crippen molar-refractivity contribution in [3.05, 3.63) is 28.3 Å². The molecule has 0 aliphatic carbocycles. The molecule has 0 aromatic heterocycles. The Labute approximate surface area is 107 Å². The molecule has 0 spiro atoms. The molecule has 1 unspecified atom stereocenters. The van der Waals surface area contributed by atoms with Gasteiger partial charge in [-0.3, -0.25) is 4.79 Å². The standard InChI is InChI=1S/C10H9BrCl2O2/c1-5-3-8(15-2)7(12)4-6(5)9(14)10(11)13/h3-4,10H,1-2H3. The average Bonchev–Trinajstić information content (AvgIpc) is 2.19. The van der Waals surface area contributed by atoms with Crippen LogP contribution in [0.3, 0.4) is 0 Å². The Kier molecular flexibility index (Phi) is 4.44. The molecule has 0 aliphatic heterocycles. The molecule has 0 N–H and O–H groups in total. The van der Waals surface area contributed by atoms with Crippen molar-refractivity contribution in [1.29, 1.82) is 0 Å². The van der Waals surface area contributed by atoms with E-state index in [1.54, 1.807) is 19.1 Å². The summed E-state index contributed by atoms with van der Waals surface area (Å²) >= 11 is 14.6. The number of benzene rings is 1. The van der Waals surface area contributed by atoms with E-state index in [9.17, 15) is 4.79 Å².